The van der Waals surface area contributed by atoms with Gasteiger partial charge in [0, 0.05) is 49.4 Å². The highest BCUT2D eigenvalue weighted by Gasteiger charge is 2.30. The summed E-state index contributed by atoms with van der Waals surface area (Å²) in [5, 5.41) is 14.6. The number of nitrogens with zero attached hydrogens (tertiary/aromatic N) is 3. The topological polar surface area (TPSA) is 117 Å². The number of likely N-dealkylation sites (tertiary alicyclic amines) is 1. The quantitative estimate of drug-likeness (QED) is 0.464. The number of primary sulfonamides is 1. The predicted molar refractivity (Wildman–Crippen MR) is 130 cm³/mol. The van der Waals surface area contributed by atoms with Crippen molar-refractivity contribution in [3.05, 3.63) is 76.0 Å². The highest BCUT2D eigenvalue weighted by atomic mass is 32.2. The van der Waals surface area contributed by atoms with Gasteiger partial charge in [0.15, 0.2) is 5.69 Å². The summed E-state index contributed by atoms with van der Waals surface area (Å²) >= 11 is 1.28. The van der Waals surface area contributed by atoms with Gasteiger partial charge < -0.3 is 10.0 Å². The van der Waals surface area contributed by atoms with Gasteiger partial charge in [0.25, 0.3) is 6.43 Å². The van der Waals surface area contributed by atoms with Crippen LogP contribution < -0.4 is 10.0 Å². The Balaban J connectivity index is 0.000000383. The van der Waals surface area contributed by atoms with Gasteiger partial charge >= 0.3 is 5.97 Å². The van der Waals surface area contributed by atoms with Crippen molar-refractivity contribution < 1.29 is 31.5 Å². The number of hydrogen-bond donors (Lipinski definition) is 2. The molecule has 3 N–H and O–H groups in total. The lowest BCUT2D eigenvalue weighted by atomic mass is 10.1. The van der Waals surface area contributed by atoms with Gasteiger partial charge in [-0.25, -0.2) is 36.5 Å². The van der Waals surface area contributed by atoms with Crippen LogP contribution in [-0.2, 0) is 16.6 Å². The van der Waals surface area contributed by atoms with Gasteiger partial charge in [-0.05, 0) is 24.1 Å². The van der Waals surface area contributed by atoms with Gasteiger partial charge in [0.1, 0.15) is 10.7 Å². The first kappa shape index (κ1) is 27.6. The third kappa shape index (κ3) is 7.03. The van der Waals surface area contributed by atoms with Crippen molar-refractivity contribution in [2.45, 2.75) is 30.3 Å². The molecule has 3 aromatic rings. The Hall–Kier alpha value is -3.00. The minimum Gasteiger partial charge on any atom is -0.476 e. The number of hydrogen-bond acceptors (Lipinski definition) is 7. The fourth-order valence-electron chi connectivity index (χ4n) is 3.89. The maximum atomic E-state index is 14.3. The van der Waals surface area contributed by atoms with Crippen molar-refractivity contribution >= 4 is 33.0 Å². The molecule has 1 saturated heterocycles. The number of thiazole rings is 1. The number of alkyl halides is 2. The smallest absolute Gasteiger partial charge is 0.355 e. The molecule has 0 amide bonds. The molecule has 36 heavy (non-hydrogen) atoms. The summed E-state index contributed by atoms with van der Waals surface area (Å²) in [5.74, 6) is -2.10. The van der Waals surface area contributed by atoms with Crippen molar-refractivity contribution in [3.63, 3.8) is 0 Å². The van der Waals surface area contributed by atoms with Gasteiger partial charge in [-0.1, -0.05) is 30.3 Å². The Kier molecular flexibility index (Phi) is 9.06. The molecule has 1 aliphatic heterocycles. The highest BCUT2D eigenvalue weighted by Crippen LogP contribution is 2.35. The molecule has 1 aromatic heterocycles. The molecule has 1 fully saturated rings. The first-order valence-corrected chi connectivity index (χ1v) is 13.2. The van der Waals surface area contributed by atoms with Crippen LogP contribution in [0.25, 0.3) is 0 Å². The average molecular weight is 543 g/mol. The third-order valence-corrected chi connectivity index (χ3v) is 7.21. The summed E-state index contributed by atoms with van der Waals surface area (Å²) in [6.07, 6.45) is -2.23. The second kappa shape index (κ2) is 11.8. The summed E-state index contributed by atoms with van der Waals surface area (Å²) in [5.41, 5.74) is 2.20. The number of halogens is 3. The number of aromatic carboxylic acids is 1. The average Bonchev–Trinajstić information content (AvgIpc) is 3.51. The van der Waals surface area contributed by atoms with Crippen LogP contribution in [0.5, 0.6) is 0 Å². The zero-order valence-corrected chi connectivity index (χ0v) is 20.9. The van der Waals surface area contributed by atoms with E-state index in [0.717, 1.165) is 31.1 Å². The summed E-state index contributed by atoms with van der Waals surface area (Å²) in [4.78, 5) is 16.4. The van der Waals surface area contributed by atoms with E-state index >= 15 is 0 Å². The molecule has 1 atom stereocenters. The molecule has 2 aromatic carbocycles. The van der Waals surface area contributed by atoms with Crippen LogP contribution in [0.1, 0.15) is 34.5 Å². The molecular formula is C23H25F3N4O4S2. The van der Waals surface area contributed by atoms with E-state index in [0.29, 0.717) is 12.6 Å². The van der Waals surface area contributed by atoms with Crippen LogP contribution in [0.3, 0.4) is 0 Å². The number of rotatable bonds is 7. The SMILES string of the molecule is CN(c1cc(F)c(S(N)(=O)=O)cc1C(F)F)[C@H]1CCN(Cc2ccccc2)C1.O=C(O)c1cscn1. The van der Waals surface area contributed by atoms with Gasteiger partial charge in [-0.2, -0.15) is 0 Å². The van der Waals surface area contributed by atoms with Crippen molar-refractivity contribution in [1.29, 1.82) is 0 Å². The molecule has 194 valence electrons. The molecular weight excluding hydrogens is 517 g/mol. The first-order valence-electron chi connectivity index (χ1n) is 10.7. The maximum Gasteiger partial charge on any atom is 0.355 e. The molecule has 13 heteroatoms. The number of anilines is 1. The number of aromatic nitrogens is 1. The van der Waals surface area contributed by atoms with Crippen molar-refractivity contribution in [2.75, 3.05) is 25.0 Å². The van der Waals surface area contributed by atoms with Crippen LogP contribution >= 0.6 is 11.3 Å². The molecule has 8 nitrogen and oxygen atoms in total. The zero-order valence-electron chi connectivity index (χ0n) is 19.2. The molecule has 0 bridgehead atoms. The van der Waals surface area contributed by atoms with Crippen LogP contribution in [0.2, 0.25) is 0 Å². The molecule has 0 spiro atoms. The van der Waals surface area contributed by atoms with E-state index in [-0.39, 0.29) is 17.4 Å². The number of nitrogens with two attached hydrogens (primary N) is 1. The molecule has 0 radical (unpaired) electrons. The second-order valence-electron chi connectivity index (χ2n) is 8.14. The van der Waals surface area contributed by atoms with E-state index in [4.69, 9.17) is 10.2 Å². The lowest BCUT2D eigenvalue weighted by Crippen LogP contribution is -2.35. The Bertz CT molecular complexity index is 1280. The molecule has 2 heterocycles. The van der Waals surface area contributed by atoms with E-state index in [1.54, 1.807) is 11.9 Å². The number of likely N-dealkylation sites (N-methyl/N-ethyl adjacent to an activating group) is 1. The largest absolute Gasteiger partial charge is 0.476 e. The third-order valence-electron chi connectivity index (χ3n) is 5.70. The number of benzene rings is 2. The van der Waals surface area contributed by atoms with E-state index in [1.807, 2.05) is 30.3 Å². The fourth-order valence-corrected chi connectivity index (χ4v) is 5.03. The van der Waals surface area contributed by atoms with Crippen LogP contribution in [0, 0.1) is 5.82 Å². The Morgan fingerprint density at radius 3 is 2.53 bits per heavy atom. The van der Waals surface area contributed by atoms with Crippen LogP contribution in [0.4, 0.5) is 18.9 Å². The molecule has 0 saturated carbocycles. The van der Waals surface area contributed by atoms with Crippen LogP contribution in [-0.4, -0.2) is 55.6 Å². The number of sulfonamides is 1. The Morgan fingerprint density at radius 2 is 2.00 bits per heavy atom. The van der Waals surface area contributed by atoms with Gasteiger partial charge in [0.05, 0.1) is 5.51 Å². The van der Waals surface area contributed by atoms with Crippen molar-refractivity contribution in [1.82, 2.24) is 9.88 Å². The minimum atomic E-state index is -4.43. The standard InChI is InChI=1S/C19H22F3N3O2S.C4H3NO2S/c1-24(14-7-8-25(12-14)11-13-5-3-2-4-6-13)17-10-16(20)18(28(23,26)27)9-15(17)19(21)22;6-4(7)3-1-8-2-5-3/h2-6,9-10,14,19H,7-8,11-12H2,1H3,(H2,23,26,27);1-2H,(H,6,7)/t14-;/m0./s1. The van der Waals surface area contributed by atoms with Gasteiger partial charge in [-0.3, -0.25) is 4.90 Å². The van der Waals surface area contributed by atoms with Crippen molar-refractivity contribution in [2.24, 2.45) is 5.14 Å². The fraction of sp³-hybridized carbons (Fsp3) is 0.304. The zero-order chi connectivity index (χ0) is 26.5. The summed E-state index contributed by atoms with van der Waals surface area (Å²) in [6, 6.07) is 11.3. The molecule has 4 rings (SSSR count). The van der Waals surface area contributed by atoms with Crippen molar-refractivity contribution in [3.8, 4) is 0 Å². The van der Waals surface area contributed by atoms with E-state index < -0.39 is 38.7 Å². The molecule has 0 unspecified atom stereocenters. The summed E-state index contributed by atoms with van der Waals surface area (Å²) in [7, 11) is -2.81. The monoisotopic (exact) mass is 542 g/mol. The Morgan fingerprint density at radius 1 is 1.31 bits per heavy atom. The number of carbonyl (C=O) groups is 1. The number of carboxylic acids is 1. The Labute approximate surface area is 210 Å². The summed E-state index contributed by atoms with van der Waals surface area (Å²) in [6.45, 7) is 2.16. The molecule has 1 aliphatic rings. The normalized spacial score (nSPS) is 16.0. The predicted octanol–water partition coefficient (Wildman–Crippen LogP) is 3.96. The first-order chi connectivity index (χ1) is 17.0. The van der Waals surface area contributed by atoms with E-state index in [9.17, 15) is 26.4 Å². The lowest BCUT2D eigenvalue weighted by Gasteiger charge is -2.29. The maximum absolute atomic E-state index is 14.3. The van der Waals surface area contributed by atoms with Gasteiger partial charge in [0.2, 0.25) is 10.0 Å². The highest BCUT2D eigenvalue weighted by molar-refractivity contribution is 7.89. The molecule has 0 aliphatic carbocycles. The summed E-state index contributed by atoms with van der Waals surface area (Å²) < 4.78 is 64.3. The minimum absolute atomic E-state index is 0.0218. The number of carboxylic acid groups (broad SMARTS) is 1. The van der Waals surface area contributed by atoms with Crippen LogP contribution in [0.15, 0.2) is 58.3 Å². The van der Waals surface area contributed by atoms with E-state index in [1.165, 1.54) is 22.2 Å². The second-order valence-corrected chi connectivity index (χ2v) is 10.4. The van der Waals surface area contributed by atoms with Gasteiger partial charge in [-0.15, -0.1) is 11.3 Å². The van der Waals surface area contributed by atoms with E-state index in [2.05, 4.69) is 9.88 Å². The lowest BCUT2D eigenvalue weighted by molar-refractivity contribution is 0.0691.